The first kappa shape index (κ1) is 20.4. The molecule has 1 saturated heterocycles. The predicted molar refractivity (Wildman–Crippen MR) is 118 cm³/mol. The molecular weight excluding hydrogens is 344 g/mol. The Morgan fingerprint density at radius 2 is 1.32 bits per heavy atom. The molecule has 4 N–H and O–H groups in total. The minimum Gasteiger partial charge on any atom is -0.370 e. The van der Waals surface area contributed by atoms with E-state index >= 15 is 0 Å². The topological polar surface area (TPSA) is 67.6 Å². The maximum absolute atomic E-state index is 5.56. The number of rotatable bonds is 9. The minimum atomic E-state index is 0.193. The molecule has 1 heterocycles. The molecule has 3 rings (SSSR count). The van der Waals surface area contributed by atoms with Crippen LogP contribution in [0.15, 0.2) is 65.7 Å². The average Bonchev–Trinajstić information content (AvgIpc) is 2.73. The Balaban J connectivity index is 1.63. The third-order valence-corrected chi connectivity index (χ3v) is 5.88. The summed E-state index contributed by atoms with van der Waals surface area (Å²) >= 11 is 0. The summed E-state index contributed by atoms with van der Waals surface area (Å²) in [4.78, 5) is 6.95. The molecular formula is C24H34N4. The standard InChI is InChI=1S/C24H34N4/c25-24(26)27-18-19-28-22(16-14-20-8-3-1-4-9-20)12-7-13-23(28)17-15-21-10-5-2-6-11-21/h1-6,8-11,22-23H,7,12-19H2,(H4,25,26,27)/t22-,23+. The highest BCUT2D eigenvalue weighted by Crippen LogP contribution is 2.28. The van der Waals surface area contributed by atoms with Crippen LogP contribution in [-0.4, -0.2) is 36.0 Å². The summed E-state index contributed by atoms with van der Waals surface area (Å²) in [5.41, 5.74) is 14.0. The van der Waals surface area contributed by atoms with Crippen molar-refractivity contribution in [3.05, 3.63) is 71.8 Å². The summed E-state index contributed by atoms with van der Waals surface area (Å²) in [6, 6.07) is 22.9. The SMILES string of the molecule is NC(N)=NCCN1[C@@H](CCc2ccccc2)CCC[C@H]1CCc1ccccc1. The Bertz CT molecular complexity index is 658. The van der Waals surface area contributed by atoms with Crippen LogP contribution >= 0.6 is 0 Å². The molecule has 150 valence electrons. The smallest absolute Gasteiger partial charge is 0.185 e. The summed E-state index contributed by atoms with van der Waals surface area (Å²) < 4.78 is 0. The van der Waals surface area contributed by atoms with Crippen LogP contribution < -0.4 is 11.5 Å². The number of nitrogens with zero attached hydrogens (tertiary/aromatic N) is 2. The zero-order valence-electron chi connectivity index (χ0n) is 16.8. The highest BCUT2D eigenvalue weighted by Gasteiger charge is 2.29. The first-order chi connectivity index (χ1) is 13.7. The van der Waals surface area contributed by atoms with Gasteiger partial charge in [0.25, 0.3) is 0 Å². The summed E-state index contributed by atoms with van der Waals surface area (Å²) in [6.07, 6.45) is 8.54. The quantitative estimate of drug-likeness (QED) is 0.516. The number of aryl methyl sites for hydroxylation is 2. The molecule has 0 amide bonds. The molecule has 0 spiro atoms. The fourth-order valence-corrected chi connectivity index (χ4v) is 4.45. The summed E-state index contributed by atoms with van der Waals surface area (Å²) in [7, 11) is 0. The second kappa shape index (κ2) is 10.9. The molecule has 0 aromatic heterocycles. The van der Waals surface area contributed by atoms with Crippen molar-refractivity contribution in [2.24, 2.45) is 16.5 Å². The van der Waals surface area contributed by atoms with Crippen molar-refractivity contribution in [2.45, 2.75) is 57.0 Å². The van der Waals surface area contributed by atoms with Gasteiger partial charge in [-0.2, -0.15) is 0 Å². The van der Waals surface area contributed by atoms with Gasteiger partial charge in [0.1, 0.15) is 0 Å². The van der Waals surface area contributed by atoms with Gasteiger partial charge >= 0.3 is 0 Å². The predicted octanol–water partition coefficient (Wildman–Crippen LogP) is 3.75. The average molecular weight is 379 g/mol. The van der Waals surface area contributed by atoms with Crippen molar-refractivity contribution in [3.63, 3.8) is 0 Å². The Morgan fingerprint density at radius 3 is 1.79 bits per heavy atom. The van der Waals surface area contributed by atoms with E-state index in [1.165, 1.54) is 43.2 Å². The minimum absolute atomic E-state index is 0.193. The first-order valence-electron chi connectivity index (χ1n) is 10.6. The first-order valence-corrected chi connectivity index (χ1v) is 10.6. The fourth-order valence-electron chi connectivity index (χ4n) is 4.45. The highest BCUT2D eigenvalue weighted by atomic mass is 15.2. The zero-order chi connectivity index (χ0) is 19.6. The molecule has 2 aromatic rings. The Hall–Kier alpha value is -2.33. The van der Waals surface area contributed by atoms with Crippen LogP contribution in [0.2, 0.25) is 0 Å². The van der Waals surface area contributed by atoms with Gasteiger partial charge < -0.3 is 11.5 Å². The van der Waals surface area contributed by atoms with E-state index in [9.17, 15) is 0 Å². The van der Waals surface area contributed by atoms with E-state index in [1.54, 1.807) is 0 Å². The number of guanidine groups is 1. The van der Waals surface area contributed by atoms with Crippen LogP contribution in [0.25, 0.3) is 0 Å². The van der Waals surface area contributed by atoms with Crippen molar-refractivity contribution < 1.29 is 0 Å². The van der Waals surface area contributed by atoms with Gasteiger partial charge in [-0.15, -0.1) is 0 Å². The molecule has 1 aliphatic rings. The van der Waals surface area contributed by atoms with Crippen LogP contribution in [0.4, 0.5) is 0 Å². The van der Waals surface area contributed by atoms with Gasteiger partial charge in [-0.05, 0) is 49.7 Å². The van der Waals surface area contributed by atoms with Gasteiger partial charge in [0.2, 0.25) is 0 Å². The lowest BCUT2D eigenvalue weighted by Crippen LogP contribution is -2.48. The fraction of sp³-hybridized carbons (Fsp3) is 0.458. The van der Waals surface area contributed by atoms with Crippen LogP contribution in [0.1, 0.15) is 43.2 Å². The molecule has 2 atom stereocenters. The number of hydrogen-bond donors (Lipinski definition) is 2. The Kier molecular flexibility index (Phi) is 7.92. The van der Waals surface area contributed by atoms with E-state index in [1.807, 2.05) is 0 Å². The lowest BCUT2D eigenvalue weighted by atomic mass is 9.88. The molecule has 1 aliphatic heterocycles. The van der Waals surface area contributed by atoms with Crippen LogP contribution in [0.3, 0.4) is 0 Å². The number of nitrogens with two attached hydrogens (primary N) is 2. The molecule has 0 unspecified atom stereocenters. The monoisotopic (exact) mass is 378 g/mol. The van der Waals surface area contributed by atoms with Gasteiger partial charge in [0.15, 0.2) is 5.96 Å². The summed E-state index contributed by atoms with van der Waals surface area (Å²) in [6.45, 7) is 1.63. The maximum Gasteiger partial charge on any atom is 0.185 e. The van der Waals surface area contributed by atoms with Crippen molar-refractivity contribution in [1.82, 2.24) is 4.90 Å². The lowest BCUT2D eigenvalue weighted by molar-refractivity contribution is 0.0759. The van der Waals surface area contributed by atoms with Gasteiger partial charge in [0, 0.05) is 18.6 Å². The molecule has 4 heteroatoms. The van der Waals surface area contributed by atoms with E-state index in [0.29, 0.717) is 18.6 Å². The normalized spacial score (nSPS) is 20.0. The van der Waals surface area contributed by atoms with Crippen LogP contribution in [0.5, 0.6) is 0 Å². The zero-order valence-corrected chi connectivity index (χ0v) is 16.8. The van der Waals surface area contributed by atoms with Gasteiger partial charge in [-0.25, -0.2) is 0 Å². The molecule has 2 aromatic carbocycles. The van der Waals surface area contributed by atoms with Gasteiger partial charge in [-0.1, -0.05) is 67.1 Å². The van der Waals surface area contributed by atoms with Gasteiger partial charge in [0.05, 0.1) is 6.54 Å². The third-order valence-electron chi connectivity index (χ3n) is 5.88. The second-order valence-corrected chi connectivity index (χ2v) is 7.83. The summed E-state index contributed by atoms with van der Waals surface area (Å²) in [5, 5.41) is 0. The molecule has 0 aliphatic carbocycles. The van der Waals surface area contributed by atoms with Crippen LogP contribution in [0, 0.1) is 0 Å². The Labute approximate surface area is 169 Å². The van der Waals surface area contributed by atoms with E-state index in [4.69, 9.17) is 11.5 Å². The molecule has 28 heavy (non-hydrogen) atoms. The lowest BCUT2D eigenvalue weighted by Gasteiger charge is -2.42. The van der Waals surface area contributed by atoms with E-state index in [-0.39, 0.29) is 5.96 Å². The highest BCUT2D eigenvalue weighted by molar-refractivity contribution is 5.75. The van der Waals surface area contributed by atoms with Crippen molar-refractivity contribution >= 4 is 5.96 Å². The third kappa shape index (κ3) is 6.38. The molecule has 0 bridgehead atoms. The summed E-state index contributed by atoms with van der Waals surface area (Å²) in [5.74, 6) is 0.193. The van der Waals surface area contributed by atoms with Crippen molar-refractivity contribution in [3.8, 4) is 0 Å². The molecule has 0 radical (unpaired) electrons. The molecule has 0 saturated carbocycles. The van der Waals surface area contributed by atoms with E-state index in [2.05, 4.69) is 70.6 Å². The van der Waals surface area contributed by atoms with Crippen molar-refractivity contribution in [2.75, 3.05) is 13.1 Å². The number of benzene rings is 2. The van der Waals surface area contributed by atoms with Crippen LogP contribution in [-0.2, 0) is 12.8 Å². The molecule has 1 fully saturated rings. The van der Waals surface area contributed by atoms with E-state index < -0.39 is 0 Å². The maximum atomic E-state index is 5.56. The number of hydrogen-bond acceptors (Lipinski definition) is 2. The Morgan fingerprint density at radius 1 is 0.821 bits per heavy atom. The van der Waals surface area contributed by atoms with Crippen molar-refractivity contribution in [1.29, 1.82) is 0 Å². The van der Waals surface area contributed by atoms with Gasteiger partial charge in [-0.3, -0.25) is 9.89 Å². The molecule has 4 nitrogen and oxygen atoms in total. The number of aliphatic imine (C=N–C) groups is 1. The van der Waals surface area contributed by atoms with E-state index in [0.717, 1.165) is 19.4 Å². The second-order valence-electron chi connectivity index (χ2n) is 7.83. The largest absolute Gasteiger partial charge is 0.370 e. The number of piperidine rings is 1. The number of likely N-dealkylation sites (tertiary alicyclic amines) is 1.